The maximum absolute atomic E-state index is 8.65. The van der Waals surface area contributed by atoms with Gasteiger partial charge in [0.2, 0.25) is 0 Å². The molecule has 23 heavy (non-hydrogen) atoms. The fourth-order valence-electron chi connectivity index (χ4n) is 2.21. The number of rotatable bonds is 7. The van der Waals surface area contributed by atoms with Crippen molar-refractivity contribution in [1.29, 1.82) is 0 Å². The number of nitrogens with one attached hydrogen (secondary N) is 1. The van der Waals surface area contributed by atoms with Crippen LogP contribution in [0.5, 0.6) is 5.75 Å². The van der Waals surface area contributed by atoms with Crippen molar-refractivity contribution in [3.8, 4) is 5.75 Å². The van der Waals surface area contributed by atoms with E-state index < -0.39 is 0 Å². The summed E-state index contributed by atoms with van der Waals surface area (Å²) in [5, 5.41) is 8.65. The molecule has 0 radical (unpaired) electrons. The Balaban J connectivity index is 1.53. The zero-order valence-electron chi connectivity index (χ0n) is 12.9. The van der Waals surface area contributed by atoms with E-state index in [0.29, 0.717) is 25.7 Å². The Bertz CT molecular complexity index is 722. The molecule has 120 valence electrons. The molecular formula is C17H19N3O3. The van der Waals surface area contributed by atoms with Crippen LogP contribution in [-0.2, 0) is 6.54 Å². The van der Waals surface area contributed by atoms with E-state index in [9.17, 15) is 0 Å². The van der Waals surface area contributed by atoms with E-state index in [-0.39, 0.29) is 0 Å². The van der Waals surface area contributed by atoms with Crippen LogP contribution in [0, 0.1) is 0 Å². The van der Waals surface area contributed by atoms with Crippen molar-refractivity contribution in [2.75, 3.05) is 25.1 Å². The second kappa shape index (κ2) is 7.13. The van der Waals surface area contributed by atoms with E-state index in [1.165, 1.54) is 0 Å². The SMILES string of the molecule is CN(CCOc1ccc(CNO)cc1)c1nc2ccccc2o1. The molecule has 6 nitrogen and oxygen atoms in total. The lowest BCUT2D eigenvalue weighted by atomic mass is 10.2. The molecule has 0 fully saturated rings. The summed E-state index contributed by atoms with van der Waals surface area (Å²) in [5.41, 5.74) is 4.75. The van der Waals surface area contributed by atoms with Crippen molar-refractivity contribution in [2.45, 2.75) is 6.54 Å². The Labute approximate surface area is 134 Å². The molecule has 0 aliphatic rings. The molecule has 0 aliphatic heterocycles. The lowest BCUT2D eigenvalue weighted by Crippen LogP contribution is -2.23. The minimum Gasteiger partial charge on any atom is -0.492 e. The van der Waals surface area contributed by atoms with Crippen molar-refractivity contribution in [2.24, 2.45) is 0 Å². The number of fused-ring (bicyclic) bond motifs is 1. The summed E-state index contributed by atoms with van der Waals surface area (Å²) in [7, 11) is 1.92. The standard InChI is InChI=1S/C17H19N3O3/c1-20(17-19-15-4-2-3-5-16(15)23-17)10-11-22-14-8-6-13(7-9-14)12-18-21/h2-9,18,21H,10-12H2,1H3. The molecule has 0 saturated heterocycles. The lowest BCUT2D eigenvalue weighted by Gasteiger charge is -2.15. The quantitative estimate of drug-likeness (QED) is 0.654. The summed E-state index contributed by atoms with van der Waals surface area (Å²) >= 11 is 0. The first kappa shape index (κ1) is 15.3. The van der Waals surface area contributed by atoms with Crippen molar-refractivity contribution < 1.29 is 14.4 Å². The average molecular weight is 313 g/mol. The monoisotopic (exact) mass is 313 g/mol. The zero-order valence-corrected chi connectivity index (χ0v) is 12.9. The Morgan fingerprint density at radius 2 is 1.96 bits per heavy atom. The van der Waals surface area contributed by atoms with Gasteiger partial charge >= 0.3 is 0 Å². The van der Waals surface area contributed by atoms with E-state index in [1.54, 1.807) is 0 Å². The molecule has 3 rings (SSSR count). The number of hydrogen-bond acceptors (Lipinski definition) is 6. The van der Waals surface area contributed by atoms with Crippen LogP contribution in [0.3, 0.4) is 0 Å². The second-order valence-electron chi connectivity index (χ2n) is 5.21. The smallest absolute Gasteiger partial charge is 0.298 e. The number of hydrogen-bond donors (Lipinski definition) is 2. The molecule has 6 heteroatoms. The highest BCUT2D eigenvalue weighted by molar-refractivity contribution is 5.74. The number of aromatic nitrogens is 1. The van der Waals surface area contributed by atoms with Gasteiger partial charge in [0.1, 0.15) is 17.9 Å². The molecule has 0 amide bonds. The minimum atomic E-state index is 0.417. The predicted octanol–water partition coefficient (Wildman–Crippen LogP) is 2.82. The van der Waals surface area contributed by atoms with E-state index in [0.717, 1.165) is 22.4 Å². The molecule has 0 atom stereocenters. The van der Waals surface area contributed by atoms with Crippen LogP contribution < -0.4 is 15.1 Å². The third kappa shape index (κ3) is 3.80. The number of ether oxygens (including phenoxy) is 1. The van der Waals surface area contributed by atoms with E-state index in [2.05, 4.69) is 10.5 Å². The molecular weight excluding hydrogens is 294 g/mol. The summed E-state index contributed by atoms with van der Waals surface area (Å²) in [4.78, 5) is 6.36. The highest BCUT2D eigenvalue weighted by Gasteiger charge is 2.09. The number of likely N-dealkylation sites (N-methyl/N-ethyl adjacent to an activating group) is 1. The molecule has 0 aliphatic carbocycles. The third-order valence-corrected chi connectivity index (χ3v) is 3.51. The molecule has 1 heterocycles. The number of hydroxylamine groups is 1. The topological polar surface area (TPSA) is 70.8 Å². The number of para-hydroxylation sites is 2. The fraction of sp³-hybridized carbons (Fsp3) is 0.235. The first-order valence-corrected chi connectivity index (χ1v) is 7.41. The molecule has 0 spiro atoms. The molecule has 0 saturated carbocycles. The number of nitrogens with zero attached hydrogens (tertiary/aromatic N) is 2. The van der Waals surface area contributed by atoms with Gasteiger partial charge in [-0.05, 0) is 29.8 Å². The van der Waals surface area contributed by atoms with E-state index >= 15 is 0 Å². The molecule has 3 aromatic rings. The number of anilines is 1. The lowest BCUT2D eigenvalue weighted by molar-refractivity contribution is 0.161. The van der Waals surface area contributed by atoms with Crippen LogP contribution in [0.2, 0.25) is 0 Å². The molecule has 0 unspecified atom stereocenters. The molecule has 2 aromatic carbocycles. The van der Waals surface area contributed by atoms with Crippen LogP contribution in [-0.4, -0.2) is 30.4 Å². The van der Waals surface area contributed by atoms with Crippen LogP contribution in [0.4, 0.5) is 6.01 Å². The van der Waals surface area contributed by atoms with Gasteiger partial charge in [0.15, 0.2) is 5.58 Å². The van der Waals surface area contributed by atoms with Gasteiger partial charge in [-0.3, -0.25) is 0 Å². The Morgan fingerprint density at radius 3 is 2.70 bits per heavy atom. The summed E-state index contributed by atoms with van der Waals surface area (Å²) < 4.78 is 11.4. The predicted molar refractivity (Wildman–Crippen MR) is 87.8 cm³/mol. The minimum absolute atomic E-state index is 0.417. The largest absolute Gasteiger partial charge is 0.492 e. The van der Waals surface area contributed by atoms with Crippen molar-refractivity contribution in [3.63, 3.8) is 0 Å². The summed E-state index contributed by atoms with van der Waals surface area (Å²) in [6, 6.07) is 15.8. The van der Waals surface area contributed by atoms with Crippen molar-refractivity contribution in [1.82, 2.24) is 10.5 Å². The Kier molecular flexibility index (Phi) is 4.75. The summed E-state index contributed by atoms with van der Waals surface area (Å²) in [5.74, 6) is 0.789. The van der Waals surface area contributed by atoms with Gasteiger partial charge in [-0.25, -0.2) is 5.48 Å². The first-order chi connectivity index (χ1) is 11.3. The van der Waals surface area contributed by atoms with Gasteiger partial charge in [0.05, 0.1) is 6.54 Å². The Morgan fingerprint density at radius 1 is 1.17 bits per heavy atom. The Hall–Kier alpha value is -2.57. The maximum Gasteiger partial charge on any atom is 0.298 e. The summed E-state index contributed by atoms with van der Waals surface area (Å²) in [6.45, 7) is 1.60. The second-order valence-corrected chi connectivity index (χ2v) is 5.21. The molecule has 2 N–H and O–H groups in total. The van der Waals surface area contributed by atoms with E-state index in [4.69, 9.17) is 14.4 Å². The van der Waals surface area contributed by atoms with Crippen LogP contribution >= 0.6 is 0 Å². The highest BCUT2D eigenvalue weighted by Crippen LogP contribution is 2.20. The fourth-order valence-corrected chi connectivity index (χ4v) is 2.21. The van der Waals surface area contributed by atoms with Crippen molar-refractivity contribution in [3.05, 3.63) is 54.1 Å². The van der Waals surface area contributed by atoms with Gasteiger partial charge in [-0.2, -0.15) is 4.98 Å². The van der Waals surface area contributed by atoms with Gasteiger partial charge in [-0.15, -0.1) is 0 Å². The van der Waals surface area contributed by atoms with Gasteiger partial charge in [0, 0.05) is 13.6 Å². The summed E-state index contributed by atoms with van der Waals surface area (Å²) in [6.07, 6.45) is 0. The average Bonchev–Trinajstić information content (AvgIpc) is 3.01. The highest BCUT2D eigenvalue weighted by atomic mass is 16.5. The zero-order chi connectivity index (χ0) is 16.1. The van der Waals surface area contributed by atoms with Gasteiger partial charge < -0.3 is 19.3 Å². The van der Waals surface area contributed by atoms with Gasteiger partial charge in [0.25, 0.3) is 6.01 Å². The molecule has 1 aromatic heterocycles. The number of benzene rings is 2. The third-order valence-electron chi connectivity index (χ3n) is 3.51. The maximum atomic E-state index is 8.65. The van der Waals surface area contributed by atoms with Crippen molar-refractivity contribution >= 4 is 17.1 Å². The van der Waals surface area contributed by atoms with Gasteiger partial charge in [-0.1, -0.05) is 24.3 Å². The van der Waals surface area contributed by atoms with Crippen LogP contribution in [0.15, 0.2) is 52.9 Å². The molecule has 0 bridgehead atoms. The van der Waals surface area contributed by atoms with E-state index in [1.807, 2.05) is 60.5 Å². The first-order valence-electron chi connectivity index (χ1n) is 7.41. The normalized spacial score (nSPS) is 10.9. The van der Waals surface area contributed by atoms with Crippen LogP contribution in [0.25, 0.3) is 11.1 Å². The van der Waals surface area contributed by atoms with Crippen LogP contribution in [0.1, 0.15) is 5.56 Å². The number of oxazole rings is 1.